The van der Waals surface area contributed by atoms with Gasteiger partial charge in [-0.2, -0.15) is 0 Å². The summed E-state index contributed by atoms with van der Waals surface area (Å²) >= 11 is 0. The molecule has 0 aliphatic carbocycles. The van der Waals surface area contributed by atoms with Crippen LogP contribution in [0, 0.1) is 0 Å². The van der Waals surface area contributed by atoms with Gasteiger partial charge in [-0.05, 0) is 30.7 Å². The summed E-state index contributed by atoms with van der Waals surface area (Å²) in [5.41, 5.74) is 0.745. The zero-order chi connectivity index (χ0) is 18.6. The normalized spacial score (nSPS) is 10.0. The van der Waals surface area contributed by atoms with E-state index < -0.39 is 12.0 Å². The number of rotatable bonds is 9. The van der Waals surface area contributed by atoms with E-state index in [9.17, 15) is 9.59 Å². The number of hydrogen-bond acceptors (Lipinski definition) is 4. The van der Waals surface area contributed by atoms with E-state index in [1.807, 2.05) is 37.3 Å². The molecule has 2 aromatic carbocycles. The van der Waals surface area contributed by atoms with Crippen LogP contribution >= 0.6 is 0 Å². The highest BCUT2D eigenvalue weighted by Gasteiger charge is 2.14. The number of benzene rings is 2. The van der Waals surface area contributed by atoms with Crippen molar-refractivity contribution < 1.29 is 19.1 Å². The lowest BCUT2D eigenvalue weighted by Crippen LogP contribution is -2.32. The van der Waals surface area contributed by atoms with E-state index in [-0.39, 0.29) is 0 Å². The number of unbranched alkanes of at least 4 members (excludes halogenated alkanes) is 1. The first-order valence-corrected chi connectivity index (χ1v) is 8.69. The second-order valence-electron chi connectivity index (χ2n) is 5.58. The average molecular weight is 356 g/mol. The van der Waals surface area contributed by atoms with E-state index in [0.29, 0.717) is 31.0 Å². The minimum atomic E-state index is -0.443. The van der Waals surface area contributed by atoms with Crippen LogP contribution < -0.4 is 15.4 Å². The highest BCUT2D eigenvalue weighted by molar-refractivity contribution is 6.00. The molecule has 2 aromatic rings. The van der Waals surface area contributed by atoms with Crippen LogP contribution in [0.25, 0.3) is 0 Å². The number of para-hydroxylation sites is 2. The first-order valence-electron chi connectivity index (χ1n) is 8.69. The molecule has 0 saturated carbocycles. The maximum Gasteiger partial charge on any atom is 0.340 e. The van der Waals surface area contributed by atoms with Crippen molar-refractivity contribution in [3.05, 3.63) is 60.2 Å². The molecule has 2 rings (SSSR count). The number of urea groups is 1. The molecule has 0 aliphatic rings. The van der Waals surface area contributed by atoms with Gasteiger partial charge in [0.1, 0.15) is 12.4 Å². The Bertz CT molecular complexity index is 704. The van der Waals surface area contributed by atoms with Crippen LogP contribution in [-0.2, 0) is 4.74 Å². The summed E-state index contributed by atoms with van der Waals surface area (Å²) in [6, 6.07) is 15.7. The minimum Gasteiger partial charge on any atom is -0.492 e. The number of anilines is 1. The Kier molecular flexibility index (Phi) is 7.99. The molecule has 0 radical (unpaired) electrons. The molecule has 0 fully saturated rings. The number of ether oxygens (including phenoxy) is 2. The lowest BCUT2D eigenvalue weighted by atomic mass is 10.2. The summed E-state index contributed by atoms with van der Waals surface area (Å²) in [4.78, 5) is 24.2. The van der Waals surface area contributed by atoms with Crippen molar-refractivity contribution >= 4 is 17.7 Å². The van der Waals surface area contributed by atoms with E-state index in [4.69, 9.17) is 9.47 Å². The molecule has 0 unspecified atom stereocenters. The van der Waals surface area contributed by atoms with Crippen LogP contribution in [-0.4, -0.2) is 31.8 Å². The van der Waals surface area contributed by atoms with Crippen molar-refractivity contribution in [2.45, 2.75) is 19.8 Å². The first kappa shape index (κ1) is 19.3. The van der Waals surface area contributed by atoms with Crippen LogP contribution in [0.4, 0.5) is 10.5 Å². The molecule has 2 N–H and O–H groups in total. The number of nitrogens with one attached hydrogen (secondary N) is 2. The van der Waals surface area contributed by atoms with Gasteiger partial charge >= 0.3 is 12.0 Å². The van der Waals surface area contributed by atoms with Crippen molar-refractivity contribution in [3.8, 4) is 5.75 Å². The van der Waals surface area contributed by atoms with E-state index >= 15 is 0 Å². The second kappa shape index (κ2) is 10.8. The first-order chi connectivity index (χ1) is 12.7. The van der Waals surface area contributed by atoms with Crippen molar-refractivity contribution in [3.63, 3.8) is 0 Å². The van der Waals surface area contributed by atoms with Gasteiger partial charge in [-0.1, -0.05) is 43.7 Å². The SMILES string of the molecule is CCCCOC(=O)c1ccccc1NC(=O)NCCOc1ccccc1. The van der Waals surface area contributed by atoms with Crippen LogP contribution in [0.3, 0.4) is 0 Å². The Morgan fingerprint density at radius 3 is 2.46 bits per heavy atom. The van der Waals surface area contributed by atoms with E-state index in [1.54, 1.807) is 24.3 Å². The van der Waals surface area contributed by atoms with Gasteiger partial charge in [-0.15, -0.1) is 0 Å². The zero-order valence-electron chi connectivity index (χ0n) is 14.9. The molecule has 6 nitrogen and oxygen atoms in total. The molecule has 0 atom stereocenters. The number of carbonyl (C=O) groups excluding carboxylic acids is 2. The molecular formula is C20H24N2O4. The van der Waals surface area contributed by atoms with Crippen molar-refractivity contribution in [2.24, 2.45) is 0 Å². The topological polar surface area (TPSA) is 76.7 Å². The lowest BCUT2D eigenvalue weighted by Gasteiger charge is -2.12. The Morgan fingerprint density at radius 1 is 0.962 bits per heavy atom. The fourth-order valence-corrected chi connectivity index (χ4v) is 2.17. The van der Waals surface area contributed by atoms with Gasteiger partial charge in [0, 0.05) is 0 Å². The van der Waals surface area contributed by atoms with Crippen molar-refractivity contribution in [2.75, 3.05) is 25.1 Å². The number of amides is 2. The maximum absolute atomic E-state index is 12.1. The molecule has 138 valence electrons. The van der Waals surface area contributed by atoms with Gasteiger partial charge in [0.2, 0.25) is 0 Å². The lowest BCUT2D eigenvalue weighted by molar-refractivity contribution is 0.0501. The van der Waals surface area contributed by atoms with Crippen LogP contribution in [0.2, 0.25) is 0 Å². The van der Waals surface area contributed by atoms with Gasteiger partial charge in [0.05, 0.1) is 24.4 Å². The molecule has 0 heterocycles. The van der Waals surface area contributed by atoms with E-state index in [1.165, 1.54) is 0 Å². The molecule has 2 amide bonds. The number of carbonyl (C=O) groups is 2. The van der Waals surface area contributed by atoms with Gasteiger partial charge in [0.15, 0.2) is 0 Å². The average Bonchev–Trinajstić information content (AvgIpc) is 2.66. The molecule has 0 aromatic heterocycles. The number of hydrogen-bond donors (Lipinski definition) is 2. The van der Waals surface area contributed by atoms with Crippen LogP contribution in [0.15, 0.2) is 54.6 Å². The van der Waals surface area contributed by atoms with Crippen molar-refractivity contribution in [1.29, 1.82) is 0 Å². The summed E-state index contributed by atoms with van der Waals surface area (Å²) < 4.78 is 10.7. The monoisotopic (exact) mass is 356 g/mol. The van der Waals surface area contributed by atoms with Crippen molar-refractivity contribution in [1.82, 2.24) is 5.32 Å². The van der Waals surface area contributed by atoms with Gasteiger partial charge in [-0.25, -0.2) is 9.59 Å². The minimum absolute atomic E-state index is 0.333. The molecule has 0 spiro atoms. The predicted molar refractivity (Wildman–Crippen MR) is 101 cm³/mol. The Hall–Kier alpha value is -3.02. The summed E-state index contributed by atoms with van der Waals surface area (Å²) in [7, 11) is 0. The molecule has 26 heavy (non-hydrogen) atoms. The van der Waals surface area contributed by atoms with Gasteiger partial charge in [0.25, 0.3) is 0 Å². The third-order valence-electron chi connectivity index (χ3n) is 3.53. The quantitative estimate of drug-likeness (QED) is 0.529. The highest BCUT2D eigenvalue weighted by atomic mass is 16.5. The molecule has 0 aliphatic heterocycles. The van der Waals surface area contributed by atoms with E-state index in [2.05, 4.69) is 10.6 Å². The third-order valence-corrected chi connectivity index (χ3v) is 3.53. The number of esters is 1. The standard InChI is InChI=1S/C20H24N2O4/c1-2-3-14-26-19(23)17-11-7-8-12-18(17)22-20(24)21-13-15-25-16-9-5-4-6-10-16/h4-12H,2-3,13-15H2,1H3,(H2,21,22,24). The molecule has 0 bridgehead atoms. The Morgan fingerprint density at radius 2 is 1.69 bits per heavy atom. The van der Waals surface area contributed by atoms with Gasteiger partial charge < -0.3 is 20.1 Å². The Labute approximate surface area is 153 Å². The maximum atomic E-state index is 12.1. The van der Waals surface area contributed by atoms with Crippen LogP contribution in [0.1, 0.15) is 30.1 Å². The van der Waals surface area contributed by atoms with Gasteiger partial charge in [-0.3, -0.25) is 0 Å². The molecular weight excluding hydrogens is 332 g/mol. The summed E-state index contributed by atoms with van der Waals surface area (Å²) in [6.07, 6.45) is 1.75. The molecule has 6 heteroatoms. The fraction of sp³-hybridized carbons (Fsp3) is 0.300. The zero-order valence-corrected chi connectivity index (χ0v) is 14.9. The van der Waals surface area contributed by atoms with E-state index in [0.717, 1.165) is 18.6 Å². The second-order valence-corrected chi connectivity index (χ2v) is 5.58. The highest BCUT2D eigenvalue weighted by Crippen LogP contribution is 2.16. The predicted octanol–water partition coefficient (Wildman–Crippen LogP) is 3.84. The summed E-state index contributed by atoms with van der Waals surface area (Å²) in [5, 5.41) is 5.37. The van der Waals surface area contributed by atoms with Crippen LogP contribution in [0.5, 0.6) is 5.75 Å². The summed E-state index contributed by atoms with van der Waals surface area (Å²) in [6.45, 7) is 3.07. The fourth-order valence-electron chi connectivity index (χ4n) is 2.17. The smallest absolute Gasteiger partial charge is 0.340 e. The Balaban J connectivity index is 1.80. The third kappa shape index (κ3) is 6.47. The molecule has 0 saturated heterocycles. The largest absolute Gasteiger partial charge is 0.492 e. The summed E-state index contributed by atoms with van der Waals surface area (Å²) in [5.74, 6) is 0.302.